The molecule has 2 rings (SSSR count). The van der Waals surface area contributed by atoms with Crippen molar-refractivity contribution in [1.82, 2.24) is 0 Å². The van der Waals surface area contributed by atoms with Crippen molar-refractivity contribution in [2.75, 3.05) is 0 Å². The summed E-state index contributed by atoms with van der Waals surface area (Å²) in [5, 5.41) is 18.0. The Morgan fingerprint density at radius 3 is 2.76 bits per heavy atom. The van der Waals surface area contributed by atoms with Crippen molar-refractivity contribution >= 4 is 29.3 Å². The average molecular weight is 322 g/mol. The van der Waals surface area contributed by atoms with Crippen LogP contribution in [0.25, 0.3) is 0 Å². The van der Waals surface area contributed by atoms with Gasteiger partial charge in [0, 0.05) is 10.6 Å². The largest absolute Gasteiger partial charge is 0.478 e. The molecule has 0 spiro atoms. The number of hydrogen-bond donors (Lipinski definition) is 1. The number of carbonyl (C=O) groups is 1. The van der Waals surface area contributed by atoms with Crippen LogP contribution in [0.3, 0.4) is 0 Å². The number of carboxylic acid groups (broad SMARTS) is 1. The summed E-state index contributed by atoms with van der Waals surface area (Å²) in [6.07, 6.45) is 0. The fraction of sp³-hybridized carbons (Fsp3) is 0.0667. The second kappa shape index (κ2) is 6.61. The minimum atomic E-state index is -1.10. The van der Waals surface area contributed by atoms with E-state index in [0.717, 1.165) is 0 Å². The lowest BCUT2D eigenvalue weighted by molar-refractivity contribution is 0.0697. The molecule has 0 bridgehead atoms. The van der Waals surface area contributed by atoms with Crippen molar-refractivity contribution in [3.05, 3.63) is 63.9 Å². The number of carboxylic acids is 1. The molecule has 106 valence electrons. The summed E-state index contributed by atoms with van der Waals surface area (Å²) in [5.74, 6) is -1.14. The number of nitriles is 1. The van der Waals surface area contributed by atoms with Gasteiger partial charge in [0.05, 0.1) is 22.2 Å². The molecule has 21 heavy (non-hydrogen) atoms. The smallest absolute Gasteiger partial charge is 0.337 e. The molecule has 0 aliphatic carbocycles. The zero-order valence-electron chi connectivity index (χ0n) is 10.6. The molecule has 0 aliphatic rings. The normalized spacial score (nSPS) is 10.1. The van der Waals surface area contributed by atoms with E-state index in [1.54, 1.807) is 12.1 Å². The summed E-state index contributed by atoms with van der Waals surface area (Å²) in [6.45, 7) is 0. The number of hydrogen-bond acceptors (Lipinski definition) is 3. The van der Waals surface area contributed by atoms with Gasteiger partial charge in [-0.25, -0.2) is 9.18 Å². The first kappa shape index (κ1) is 15.4. The van der Waals surface area contributed by atoms with E-state index < -0.39 is 11.8 Å². The van der Waals surface area contributed by atoms with Crippen LogP contribution < -0.4 is 0 Å². The van der Waals surface area contributed by atoms with Gasteiger partial charge in [0.15, 0.2) is 0 Å². The van der Waals surface area contributed by atoms with E-state index >= 15 is 0 Å². The molecular formula is C15H9ClFNO2S. The second-order valence-electron chi connectivity index (χ2n) is 4.20. The highest BCUT2D eigenvalue weighted by atomic mass is 35.5. The van der Waals surface area contributed by atoms with Gasteiger partial charge in [-0.2, -0.15) is 5.26 Å². The number of benzene rings is 2. The molecule has 0 aromatic heterocycles. The van der Waals surface area contributed by atoms with Crippen LogP contribution in [-0.2, 0) is 5.75 Å². The lowest BCUT2D eigenvalue weighted by Gasteiger charge is -2.05. The molecular weight excluding hydrogens is 313 g/mol. The first-order chi connectivity index (χ1) is 9.99. The van der Waals surface area contributed by atoms with Gasteiger partial charge in [0.25, 0.3) is 0 Å². The van der Waals surface area contributed by atoms with Crippen molar-refractivity contribution in [1.29, 1.82) is 5.26 Å². The Labute approximate surface area is 130 Å². The lowest BCUT2D eigenvalue weighted by atomic mass is 10.1. The Morgan fingerprint density at radius 2 is 2.10 bits per heavy atom. The summed E-state index contributed by atoms with van der Waals surface area (Å²) in [4.78, 5) is 11.7. The monoisotopic (exact) mass is 321 g/mol. The highest BCUT2D eigenvalue weighted by Crippen LogP contribution is 2.27. The number of aromatic carboxylic acids is 1. The Balaban J connectivity index is 2.17. The third-order valence-corrected chi connectivity index (χ3v) is 4.05. The SMILES string of the molecule is N#Cc1cc(F)cc(CSc2ccc(Cl)c(C(=O)O)c2)c1. The van der Waals surface area contributed by atoms with E-state index in [4.69, 9.17) is 22.0 Å². The van der Waals surface area contributed by atoms with E-state index in [0.29, 0.717) is 16.2 Å². The molecule has 0 fully saturated rings. The van der Waals surface area contributed by atoms with Crippen molar-refractivity contribution in [3.63, 3.8) is 0 Å². The molecule has 0 saturated carbocycles. The van der Waals surface area contributed by atoms with Crippen LogP contribution in [0.1, 0.15) is 21.5 Å². The summed E-state index contributed by atoms with van der Waals surface area (Å²) in [6, 6.07) is 10.7. The molecule has 0 radical (unpaired) electrons. The molecule has 6 heteroatoms. The number of thioether (sulfide) groups is 1. The Kier molecular flexibility index (Phi) is 4.84. The van der Waals surface area contributed by atoms with Gasteiger partial charge >= 0.3 is 5.97 Å². The van der Waals surface area contributed by atoms with Crippen molar-refractivity contribution in [2.24, 2.45) is 0 Å². The molecule has 3 nitrogen and oxygen atoms in total. The molecule has 2 aromatic carbocycles. The van der Waals surface area contributed by atoms with E-state index in [2.05, 4.69) is 0 Å². The van der Waals surface area contributed by atoms with Crippen LogP contribution in [0.15, 0.2) is 41.3 Å². The second-order valence-corrected chi connectivity index (χ2v) is 5.65. The maximum atomic E-state index is 13.3. The van der Waals surface area contributed by atoms with Gasteiger partial charge in [-0.05, 0) is 42.0 Å². The van der Waals surface area contributed by atoms with Crippen LogP contribution in [0.2, 0.25) is 5.02 Å². The highest BCUT2D eigenvalue weighted by Gasteiger charge is 2.10. The van der Waals surface area contributed by atoms with E-state index in [1.165, 1.54) is 36.0 Å². The van der Waals surface area contributed by atoms with Gasteiger partial charge in [-0.15, -0.1) is 11.8 Å². The van der Waals surface area contributed by atoms with Gasteiger partial charge in [-0.3, -0.25) is 0 Å². The zero-order valence-corrected chi connectivity index (χ0v) is 12.2. The zero-order chi connectivity index (χ0) is 15.4. The minimum Gasteiger partial charge on any atom is -0.478 e. The van der Waals surface area contributed by atoms with Gasteiger partial charge in [-0.1, -0.05) is 11.6 Å². The predicted octanol–water partition coefficient (Wildman–Crippen LogP) is 4.34. The van der Waals surface area contributed by atoms with Crippen molar-refractivity contribution in [3.8, 4) is 6.07 Å². The van der Waals surface area contributed by atoms with E-state index in [-0.39, 0.29) is 16.1 Å². The quantitative estimate of drug-likeness (QED) is 0.851. The summed E-state index contributed by atoms with van der Waals surface area (Å²) in [7, 11) is 0. The van der Waals surface area contributed by atoms with Gasteiger partial charge in [0.2, 0.25) is 0 Å². The van der Waals surface area contributed by atoms with Crippen LogP contribution >= 0.6 is 23.4 Å². The van der Waals surface area contributed by atoms with Gasteiger partial charge in [0.1, 0.15) is 5.82 Å². The van der Waals surface area contributed by atoms with Crippen molar-refractivity contribution in [2.45, 2.75) is 10.6 Å². The third kappa shape index (κ3) is 3.97. The fourth-order valence-electron chi connectivity index (χ4n) is 1.72. The topological polar surface area (TPSA) is 61.1 Å². The Hall–Kier alpha value is -2.03. The molecule has 0 saturated heterocycles. The van der Waals surface area contributed by atoms with Crippen LogP contribution in [0.4, 0.5) is 4.39 Å². The van der Waals surface area contributed by atoms with Crippen molar-refractivity contribution < 1.29 is 14.3 Å². The molecule has 0 heterocycles. The van der Waals surface area contributed by atoms with Gasteiger partial charge < -0.3 is 5.11 Å². The summed E-state index contributed by atoms with van der Waals surface area (Å²) >= 11 is 7.14. The molecule has 2 aromatic rings. The molecule has 0 atom stereocenters. The third-order valence-electron chi connectivity index (χ3n) is 2.66. The van der Waals surface area contributed by atoms with Crippen LogP contribution in [-0.4, -0.2) is 11.1 Å². The standard InChI is InChI=1S/C15H9ClFNO2S/c16-14-2-1-12(6-13(14)15(19)20)21-8-10-3-9(7-18)4-11(17)5-10/h1-6H,8H2,(H,19,20). The van der Waals surface area contributed by atoms with E-state index in [9.17, 15) is 9.18 Å². The maximum absolute atomic E-state index is 13.3. The minimum absolute atomic E-state index is 0.0265. The lowest BCUT2D eigenvalue weighted by Crippen LogP contribution is -1.97. The first-order valence-electron chi connectivity index (χ1n) is 5.85. The number of rotatable bonds is 4. The Bertz CT molecular complexity index is 743. The average Bonchev–Trinajstić information content (AvgIpc) is 2.45. The molecule has 0 amide bonds. The molecule has 1 N–H and O–H groups in total. The number of nitrogens with zero attached hydrogens (tertiary/aromatic N) is 1. The first-order valence-corrected chi connectivity index (χ1v) is 7.21. The maximum Gasteiger partial charge on any atom is 0.337 e. The summed E-state index contributed by atoms with van der Waals surface area (Å²) in [5.41, 5.74) is 0.940. The predicted molar refractivity (Wildman–Crippen MR) is 79.1 cm³/mol. The molecule has 0 aliphatic heterocycles. The summed E-state index contributed by atoms with van der Waals surface area (Å²) < 4.78 is 13.3. The van der Waals surface area contributed by atoms with E-state index in [1.807, 2.05) is 6.07 Å². The fourth-order valence-corrected chi connectivity index (χ4v) is 2.79. The number of halogens is 2. The Morgan fingerprint density at radius 1 is 1.33 bits per heavy atom. The molecule has 0 unspecified atom stereocenters. The van der Waals surface area contributed by atoms with Crippen LogP contribution in [0, 0.1) is 17.1 Å². The highest BCUT2D eigenvalue weighted by molar-refractivity contribution is 7.98. The van der Waals surface area contributed by atoms with Crippen LogP contribution in [0.5, 0.6) is 0 Å².